The van der Waals surface area contributed by atoms with Gasteiger partial charge in [0.05, 0.1) is 19.3 Å². The van der Waals surface area contributed by atoms with Crippen LogP contribution in [0.1, 0.15) is 37.7 Å². The van der Waals surface area contributed by atoms with Crippen LogP contribution in [0.15, 0.2) is 48.9 Å². The van der Waals surface area contributed by atoms with Gasteiger partial charge in [-0.05, 0) is 30.2 Å². The predicted molar refractivity (Wildman–Crippen MR) is 105 cm³/mol. The minimum absolute atomic E-state index is 0.0162. The molecule has 0 aliphatic heterocycles. The first-order valence-corrected chi connectivity index (χ1v) is 9.90. The molecule has 0 aliphatic carbocycles. The second-order valence-corrected chi connectivity index (χ2v) is 8.13. The van der Waals surface area contributed by atoms with E-state index in [0.29, 0.717) is 11.5 Å². The SMILES string of the molecule is COC(=O)C[C@H](c1oc(CSc2ccc(Br)cc2)cc(=O)c1O)C(C)C. The Morgan fingerprint density at radius 2 is 1.96 bits per heavy atom. The molecule has 0 bridgehead atoms. The lowest BCUT2D eigenvalue weighted by Gasteiger charge is -2.20. The highest BCUT2D eigenvalue weighted by molar-refractivity contribution is 9.10. The van der Waals surface area contributed by atoms with Gasteiger partial charge in [-0.1, -0.05) is 29.8 Å². The fraction of sp³-hybridized carbons (Fsp3) is 0.368. The van der Waals surface area contributed by atoms with Crippen molar-refractivity contribution >= 4 is 33.7 Å². The molecule has 1 aromatic carbocycles. The monoisotopic (exact) mass is 440 g/mol. The highest BCUT2D eigenvalue weighted by atomic mass is 79.9. The third kappa shape index (κ3) is 5.38. The number of aromatic hydroxyl groups is 1. The average molecular weight is 441 g/mol. The van der Waals surface area contributed by atoms with Gasteiger partial charge in [-0.2, -0.15) is 0 Å². The van der Waals surface area contributed by atoms with E-state index in [1.54, 1.807) is 0 Å². The summed E-state index contributed by atoms with van der Waals surface area (Å²) in [6.07, 6.45) is 0.0357. The largest absolute Gasteiger partial charge is 0.502 e. The first kappa shape index (κ1) is 20.6. The van der Waals surface area contributed by atoms with Gasteiger partial charge in [0.2, 0.25) is 11.2 Å². The van der Waals surface area contributed by atoms with Gasteiger partial charge >= 0.3 is 5.97 Å². The molecule has 1 atom stereocenters. The van der Waals surface area contributed by atoms with Gasteiger partial charge in [0, 0.05) is 21.4 Å². The van der Waals surface area contributed by atoms with Crippen LogP contribution in [0.3, 0.4) is 0 Å². The van der Waals surface area contributed by atoms with Crippen LogP contribution in [0.5, 0.6) is 5.75 Å². The Labute approximate surface area is 164 Å². The number of carbonyl (C=O) groups excluding carboxylic acids is 1. The summed E-state index contributed by atoms with van der Waals surface area (Å²) in [6.45, 7) is 3.80. The summed E-state index contributed by atoms with van der Waals surface area (Å²) >= 11 is 4.91. The molecule has 140 valence electrons. The van der Waals surface area contributed by atoms with Gasteiger partial charge < -0.3 is 14.3 Å². The molecule has 0 saturated carbocycles. The Balaban J connectivity index is 2.27. The highest BCUT2D eigenvalue weighted by Crippen LogP contribution is 2.34. The molecule has 0 aliphatic rings. The molecule has 1 aromatic heterocycles. The van der Waals surface area contributed by atoms with Crippen LogP contribution in [-0.4, -0.2) is 18.2 Å². The molecule has 26 heavy (non-hydrogen) atoms. The van der Waals surface area contributed by atoms with Crippen molar-refractivity contribution in [2.75, 3.05) is 7.11 Å². The lowest BCUT2D eigenvalue weighted by Crippen LogP contribution is -2.16. The number of rotatable bonds is 7. The molecule has 2 rings (SSSR count). The first-order valence-electron chi connectivity index (χ1n) is 8.13. The van der Waals surface area contributed by atoms with Crippen molar-refractivity contribution in [1.29, 1.82) is 0 Å². The molecule has 5 nitrogen and oxygen atoms in total. The standard InChI is InChI=1S/C19H21BrO5S/c1-11(2)15(9-17(22)24-3)19-18(23)16(21)8-13(25-19)10-26-14-6-4-12(20)5-7-14/h4-8,11,15,23H,9-10H2,1-3H3/t15-/m0/s1. The van der Waals surface area contributed by atoms with E-state index in [4.69, 9.17) is 9.15 Å². The van der Waals surface area contributed by atoms with Crippen molar-refractivity contribution in [2.45, 2.75) is 36.8 Å². The fourth-order valence-electron chi connectivity index (χ4n) is 2.46. The molecular weight excluding hydrogens is 420 g/mol. The quantitative estimate of drug-likeness (QED) is 0.496. The third-order valence-electron chi connectivity index (χ3n) is 3.95. The second-order valence-electron chi connectivity index (χ2n) is 6.16. The summed E-state index contributed by atoms with van der Waals surface area (Å²) in [7, 11) is 1.31. The molecule has 0 unspecified atom stereocenters. The van der Waals surface area contributed by atoms with E-state index >= 15 is 0 Å². The lowest BCUT2D eigenvalue weighted by atomic mass is 9.89. The van der Waals surface area contributed by atoms with E-state index in [1.165, 1.54) is 24.9 Å². The summed E-state index contributed by atoms with van der Waals surface area (Å²) in [6, 6.07) is 9.09. The molecule has 7 heteroatoms. The molecular formula is C19H21BrO5S. The first-order chi connectivity index (χ1) is 12.3. The number of hydrogen-bond donors (Lipinski definition) is 1. The van der Waals surface area contributed by atoms with Gasteiger partial charge in [-0.3, -0.25) is 9.59 Å². The van der Waals surface area contributed by atoms with Gasteiger partial charge in [0.15, 0.2) is 5.76 Å². The average Bonchev–Trinajstić information content (AvgIpc) is 2.61. The minimum atomic E-state index is -0.506. The number of thioether (sulfide) groups is 1. The van der Waals surface area contributed by atoms with Crippen molar-refractivity contribution in [2.24, 2.45) is 5.92 Å². The fourth-order valence-corrected chi connectivity index (χ4v) is 3.50. The molecule has 0 spiro atoms. The van der Waals surface area contributed by atoms with Crippen LogP contribution in [-0.2, 0) is 15.3 Å². The normalized spacial score (nSPS) is 12.2. The van der Waals surface area contributed by atoms with Gasteiger partial charge in [-0.15, -0.1) is 11.8 Å². The number of methoxy groups -OCH3 is 1. The van der Waals surface area contributed by atoms with E-state index in [9.17, 15) is 14.7 Å². The number of esters is 1. The van der Waals surface area contributed by atoms with E-state index < -0.39 is 23.1 Å². The predicted octanol–water partition coefficient (Wildman–Crippen LogP) is 4.70. The zero-order valence-corrected chi connectivity index (χ0v) is 17.2. The maximum atomic E-state index is 12.2. The molecule has 1 N–H and O–H groups in total. The molecule has 0 radical (unpaired) electrons. The van der Waals surface area contributed by atoms with Crippen LogP contribution in [0.2, 0.25) is 0 Å². The van der Waals surface area contributed by atoms with Crippen LogP contribution >= 0.6 is 27.7 Å². The Morgan fingerprint density at radius 3 is 2.54 bits per heavy atom. The molecule has 0 fully saturated rings. The molecule has 0 amide bonds. The van der Waals surface area contributed by atoms with E-state index in [-0.39, 0.29) is 18.1 Å². The number of benzene rings is 1. The maximum Gasteiger partial charge on any atom is 0.306 e. The summed E-state index contributed by atoms with van der Waals surface area (Å²) in [5, 5.41) is 10.2. The zero-order chi connectivity index (χ0) is 19.3. The number of halogens is 1. The van der Waals surface area contributed by atoms with E-state index in [2.05, 4.69) is 15.9 Å². The molecule has 2 aromatic rings. The lowest BCUT2D eigenvalue weighted by molar-refractivity contribution is -0.141. The minimum Gasteiger partial charge on any atom is -0.502 e. The van der Waals surface area contributed by atoms with Crippen molar-refractivity contribution in [3.63, 3.8) is 0 Å². The Kier molecular flexibility index (Phi) is 7.34. The topological polar surface area (TPSA) is 76.7 Å². The van der Waals surface area contributed by atoms with Crippen LogP contribution in [0.4, 0.5) is 0 Å². The van der Waals surface area contributed by atoms with Gasteiger partial charge in [0.1, 0.15) is 5.76 Å². The number of ether oxygens (including phenoxy) is 1. The zero-order valence-electron chi connectivity index (χ0n) is 14.8. The number of carbonyl (C=O) groups is 1. The molecule has 1 heterocycles. The Bertz CT molecular complexity index is 814. The smallest absolute Gasteiger partial charge is 0.306 e. The summed E-state index contributed by atoms with van der Waals surface area (Å²) < 4.78 is 11.5. The maximum absolute atomic E-state index is 12.2. The molecule has 0 saturated heterocycles. The van der Waals surface area contributed by atoms with Crippen molar-refractivity contribution in [3.05, 3.63) is 56.5 Å². The highest BCUT2D eigenvalue weighted by Gasteiger charge is 2.27. The van der Waals surface area contributed by atoms with Gasteiger partial charge in [-0.25, -0.2) is 0 Å². The van der Waals surface area contributed by atoms with Crippen LogP contribution in [0.25, 0.3) is 0 Å². The second kappa shape index (κ2) is 9.28. The van der Waals surface area contributed by atoms with Crippen molar-refractivity contribution in [1.82, 2.24) is 0 Å². The van der Waals surface area contributed by atoms with E-state index in [1.807, 2.05) is 38.1 Å². The van der Waals surface area contributed by atoms with Crippen molar-refractivity contribution < 1.29 is 19.1 Å². The van der Waals surface area contributed by atoms with E-state index in [0.717, 1.165) is 9.37 Å². The number of hydrogen-bond acceptors (Lipinski definition) is 6. The van der Waals surface area contributed by atoms with Crippen LogP contribution < -0.4 is 5.43 Å². The Hall–Kier alpha value is -1.73. The summed E-state index contributed by atoms with van der Waals surface area (Å²) in [5.74, 6) is -0.279. The third-order valence-corrected chi connectivity index (χ3v) is 5.51. The van der Waals surface area contributed by atoms with Crippen LogP contribution in [0, 0.1) is 5.92 Å². The summed E-state index contributed by atoms with van der Waals surface area (Å²) in [5.41, 5.74) is -0.506. The van der Waals surface area contributed by atoms with Gasteiger partial charge in [0.25, 0.3) is 0 Å². The summed E-state index contributed by atoms with van der Waals surface area (Å²) in [4.78, 5) is 24.9. The van der Waals surface area contributed by atoms with Crippen molar-refractivity contribution in [3.8, 4) is 5.75 Å². The Morgan fingerprint density at radius 1 is 1.31 bits per heavy atom.